The van der Waals surface area contributed by atoms with E-state index >= 15 is 0 Å². The van der Waals surface area contributed by atoms with Crippen LogP contribution in [0.2, 0.25) is 0 Å². The van der Waals surface area contributed by atoms with Gasteiger partial charge in [0.05, 0.1) is 7.11 Å². The molecule has 2 aromatic carbocycles. The summed E-state index contributed by atoms with van der Waals surface area (Å²) in [5.74, 6) is 0.940. The second-order valence-corrected chi connectivity index (χ2v) is 6.40. The van der Waals surface area contributed by atoms with E-state index in [2.05, 4.69) is 42.5 Å². The summed E-state index contributed by atoms with van der Waals surface area (Å²) in [6, 6.07) is 20.9. The minimum absolute atomic E-state index is 0.940. The van der Waals surface area contributed by atoms with Crippen LogP contribution in [0.5, 0.6) is 5.75 Å². The molecule has 5 nitrogen and oxygen atoms in total. The zero-order valence-corrected chi connectivity index (χ0v) is 13.8. The van der Waals surface area contributed by atoms with Crippen LogP contribution >= 0.6 is 11.3 Å². The first-order chi connectivity index (χ1) is 10.9. The SMILES string of the molecule is COc1cccc2ccc(-c3ccccc3)[s+]c12.[O-][Cl+](O)(O)O. The molecule has 0 unspecified atom stereocenters. The van der Waals surface area contributed by atoms with Gasteiger partial charge >= 0.3 is 28.9 Å². The van der Waals surface area contributed by atoms with Crippen LogP contribution in [0, 0.1) is 10.2 Å². The van der Waals surface area contributed by atoms with Crippen LogP contribution in [-0.2, 0) is 0 Å². The number of methoxy groups -OCH3 is 1. The van der Waals surface area contributed by atoms with E-state index in [0.29, 0.717) is 0 Å². The van der Waals surface area contributed by atoms with Gasteiger partial charge in [0.2, 0.25) is 16.2 Å². The van der Waals surface area contributed by atoms with Gasteiger partial charge in [0.15, 0.2) is 5.75 Å². The molecule has 3 rings (SSSR count). The van der Waals surface area contributed by atoms with Gasteiger partial charge in [0.25, 0.3) is 4.70 Å². The maximum absolute atomic E-state index is 8.83. The van der Waals surface area contributed by atoms with Crippen LogP contribution < -0.4 is 9.40 Å². The Morgan fingerprint density at radius 3 is 2.17 bits per heavy atom. The van der Waals surface area contributed by atoms with Crippen molar-refractivity contribution in [3.8, 4) is 16.2 Å². The summed E-state index contributed by atoms with van der Waals surface area (Å²) in [7, 11) is -2.48. The number of ether oxygens (including phenoxy) is 1. The molecule has 0 fully saturated rings. The van der Waals surface area contributed by atoms with Crippen LogP contribution in [0.4, 0.5) is 0 Å². The van der Waals surface area contributed by atoms with Gasteiger partial charge in [-0.05, 0) is 30.3 Å². The van der Waals surface area contributed by atoms with Crippen molar-refractivity contribution in [2.24, 2.45) is 0 Å². The first-order valence-electron chi connectivity index (χ1n) is 6.50. The van der Waals surface area contributed by atoms with Crippen LogP contribution in [0.3, 0.4) is 0 Å². The number of hydrogen-bond donors (Lipinski definition) is 3. The molecule has 1 heterocycles. The molecule has 7 heteroatoms. The van der Waals surface area contributed by atoms with Crippen LogP contribution in [0.25, 0.3) is 20.5 Å². The van der Waals surface area contributed by atoms with E-state index in [1.807, 2.05) is 18.2 Å². The van der Waals surface area contributed by atoms with Gasteiger partial charge in [-0.15, -0.1) is 0 Å². The molecule has 0 spiro atoms. The van der Waals surface area contributed by atoms with Gasteiger partial charge in [-0.25, -0.2) is 0 Å². The van der Waals surface area contributed by atoms with Gasteiger partial charge in [-0.1, -0.05) is 24.3 Å². The Morgan fingerprint density at radius 1 is 0.913 bits per heavy atom. The van der Waals surface area contributed by atoms with Crippen LogP contribution in [-0.4, -0.2) is 21.1 Å². The van der Waals surface area contributed by atoms with Crippen molar-refractivity contribution >= 4 is 21.4 Å². The molecule has 0 bridgehead atoms. The molecule has 0 amide bonds. The number of benzene rings is 2. The Kier molecular flexibility index (Phi) is 5.84. The van der Waals surface area contributed by atoms with Crippen molar-refractivity contribution in [3.63, 3.8) is 0 Å². The zero-order chi connectivity index (χ0) is 16.9. The standard InChI is InChI=1S/C16H13OS.ClH3O4/c1-17-14-9-5-8-13-10-11-15(18-16(13)14)12-6-3-2-4-7-12;2-1(3,4)5/h2-11H,1H3;2-4H/q+1;. The van der Waals surface area contributed by atoms with Gasteiger partial charge < -0.3 is 4.74 Å². The molecule has 3 N–H and O–H groups in total. The maximum atomic E-state index is 8.83. The van der Waals surface area contributed by atoms with Crippen molar-refractivity contribution in [2.75, 3.05) is 7.11 Å². The first kappa shape index (κ1) is 17.6. The van der Waals surface area contributed by atoms with E-state index in [0.717, 1.165) is 5.75 Å². The number of halogens is 1. The summed E-state index contributed by atoms with van der Waals surface area (Å²) in [5, 5.41) is 1.22. The Bertz CT molecular complexity index is 768. The average Bonchev–Trinajstić information content (AvgIpc) is 2.53. The first-order valence-corrected chi connectivity index (χ1v) is 8.64. The van der Waals surface area contributed by atoms with Crippen molar-refractivity contribution in [3.05, 3.63) is 60.7 Å². The summed E-state index contributed by atoms with van der Waals surface area (Å²) in [6.07, 6.45) is 0. The summed E-state index contributed by atoms with van der Waals surface area (Å²) in [6.45, 7) is 0. The fraction of sp³-hybridized carbons (Fsp3) is 0.0625. The van der Waals surface area contributed by atoms with Crippen molar-refractivity contribution in [1.29, 1.82) is 0 Å². The van der Waals surface area contributed by atoms with Gasteiger partial charge in [-0.3, -0.25) is 0 Å². The van der Waals surface area contributed by atoms with E-state index < -0.39 is 10.2 Å². The average molecular weight is 356 g/mol. The molecule has 0 atom stereocenters. The quantitative estimate of drug-likeness (QED) is 0.611. The minimum atomic E-state index is -4.19. The van der Waals surface area contributed by atoms with Gasteiger partial charge in [-0.2, -0.15) is 0 Å². The van der Waals surface area contributed by atoms with Crippen molar-refractivity contribution in [2.45, 2.75) is 0 Å². The Morgan fingerprint density at radius 2 is 1.57 bits per heavy atom. The molecule has 122 valence electrons. The van der Waals surface area contributed by atoms with Crippen LogP contribution in [0.15, 0.2) is 60.7 Å². The summed E-state index contributed by atoms with van der Waals surface area (Å²) in [5.41, 5.74) is 1.25. The second-order valence-electron chi connectivity index (χ2n) is 4.48. The summed E-state index contributed by atoms with van der Waals surface area (Å²) in [4.78, 5) is 1.26. The van der Waals surface area contributed by atoms with E-state index in [4.69, 9.17) is 23.4 Å². The molecule has 0 saturated heterocycles. The predicted molar refractivity (Wildman–Crippen MR) is 84.9 cm³/mol. The molecule has 0 aliphatic carbocycles. The molecular formula is C16H16ClO5S+. The topological polar surface area (TPSA) is 93.0 Å². The fourth-order valence-corrected chi connectivity index (χ4v) is 3.12. The fourth-order valence-electron chi connectivity index (χ4n) is 2.00. The Balaban J connectivity index is 0.000000338. The van der Waals surface area contributed by atoms with E-state index in [-0.39, 0.29) is 0 Å². The number of hydrogen-bond acceptors (Lipinski definition) is 5. The molecule has 0 saturated carbocycles. The normalized spacial score (nSPS) is 11.5. The molecule has 0 aliphatic heterocycles. The Labute approximate surface area is 139 Å². The zero-order valence-electron chi connectivity index (χ0n) is 12.2. The Hall–Kier alpha value is -1.80. The van der Waals surface area contributed by atoms with Crippen molar-refractivity contribution in [1.82, 2.24) is 0 Å². The summed E-state index contributed by atoms with van der Waals surface area (Å²) >= 11 is 1.77. The third kappa shape index (κ3) is 5.40. The molecular weight excluding hydrogens is 340 g/mol. The second kappa shape index (κ2) is 7.65. The number of fused-ring (bicyclic) bond motifs is 1. The third-order valence-electron chi connectivity index (χ3n) is 2.91. The molecule has 0 aliphatic rings. The van der Waals surface area contributed by atoms with E-state index in [1.54, 1.807) is 18.4 Å². The predicted octanol–water partition coefficient (Wildman–Crippen LogP) is 2.00. The summed E-state index contributed by atoms with van der Waals surface area (Å²) < 4.78 is 36.8. The van der Waals surface area contributed by atoms with Crippen molar-refractivity contribution < 1.29 is 33.6 Å². The third-order valence-corrected chi connectivity index (χ3v) is 4.15. The molecule has 3 aromatic rings. The molecule has 23 heavy (non-hydrogen) atoms. The van der Waals surface area contributed by atoms with E-state index in [9.17, 15) is 0 Å². The molecule has 1 aromatic heterocycles. The monoisotopic (exact) mass is 355 g/mol. The van der Waals surface area contributed by atoms with E-state index in [1.165, 1.54) is 20.5 Å². The molecule has 0 radical (unpaired) electrons. The van der Waals surface area contributed by atoms with Gasteiger partial charge in [0, 0.05) is 17.0 Å². The van der Waals surface area contributed by atoms with Crippen LogP contribution in [0.1, 0.15) is 0 Å². The van der Waals surface area contributed by atoms with Gasteiger partial charge in [0.1, 0.15) is 0 Å². The number of rotatable bonds is 2.